The monoisotopic (exact) mass is 294 g/mol. The minimum absolute atomic E-state index is 0.225. The van der Waals surface area contributed by atoms with Crippen LogP contribution in [0, 0.1) is 0 Å². The highest BCUT2D eigenvalue weighted by Gasteiger charge is 2.20. The molecule has 0 aromatic heterocycles. The van der Waals surface area contributed by atoms with E-state index in [0.717, 1.165) is 0 Å². The van der Waals surface area contributed by atoms with E-state index in [1.807, 2.05) is 0 Å². The number of ether oxygens (including phenoxy) is 1. The lowest BCUT2D eigenvalue weighted by atomic mass is 10.1. The number of esters is 1. The summed E-state index contributed by atoms with van der Waals surface area (Å²) in [7, 11) is 0. The second-order valence-corrected chi connectivity index (χ2v) is 6.65. The van der Waals surface area contributed by atoms with Gasteiger partial charge < -0.3 is 4.74 Å². The van der Waals surface area contributed by atoms with Crippen molar-refractivity contribution >= 4 is 11.9 Å². The summed E-state index contributed by atoms with van der Waals surface area (Å²) < 4.78 is 5.25. The maximum Gasteiger partial charge on any atom is 0.373 e. The fourth-order valence-corrected chi connectivity index (χ4v) is 1.32. The van der Waals surface area contributed by atoms with Crippen LogP contribution in [0.3, 0.4) is 0 Å². The van der Waals surface area contributed by atoms with Crippen molar-refractivity contribution in [3.63, 3.8) is 0 Å². The lowest BCUT2D eigenvalue weighted by Crippen LogP contribution is -2.24. The van der Waals surface area contributed by atoms with Crippen molar-refractivity contribution < 1.29 is 24.1 Å². The average molecular weight is 294 g/mol. The molecule has 1 aromatic rings. The smallest absolute Gasteiger partial charge is 0.373 e. The number of rotatable bonds is 3. The third-order valence-electron chi connectivity index (χ3n) is 2.10. The van der Waals surface area contributed by atoms with Gasteiger partial charge in [-0.1, -0.05) is 6.07 Å². The lowest BCUT2D eigenvalue weighted by Gasteiger charge is -2.19. The van der Waals surface area contributed by atoms with Crippen molar-refractivity contribution in [2.24, 2.45) is 0 Å². The highest BCUT2D eigenvalue weighted by Crippen LogP contribution is 2.15. The molecule has 116 valence electrons. The molecule has 21 heavy (non-hydrogen) atoms. The van der Waals surface area contributed by atoms with E-state index >= 15 is 0 Å². The number of hydrogen-bond acceptors (Lipinski definition) is 5. The summed E-state index contributed by atoms with van der Waals surface area (Å²) in [6.45, 7) is 10.6. The van der Waals surface area contributed by atoms with Crippen molar-refractivity contribution in [3.8, 4) is 0 Å². The molecule has 0 spiro atoms. The van der Waals surface area contributed by atoms with Crippen LogP contribution in [0.4, 0.5) is 0 Å². The number of benzene rings is 1. The van der Waals surface area contributed by atoms with Gasteiger partial charge in [-0.3, -0.25) is 4.89 Å². The summed E-state index contributed by atoms with van der Waals surface area (Å²) in [4.78, 5) is 33.5. The van der Waals surface area contributed by atoms with Gasteiger partial charge in [0.05, 0.1) is 11.1 Å². The molecular weight excluding hydrogens is 272 g/mol. The fraction of sp³-hybridized carbons (Fsp3) is 0.500. The third kappa shape index (κ3) is 6.40. The van der Waals surface area contributed by atoms with Crippen LogP contribution in [0.15, 0.2) is 24.3 Å². The molecule has 1 aromatic carbocycles. The molecule has 0 aliphatic rings. The van der Waals surface area contributed by atoms with E-state index in [2.05, 4.69) is 0 Å². The molecule has 0 fully saturated rings. The Morgan fingerprint density at radius 1 is 0.857 bits per heavy atom. The van der Waals surface area contributed by atoms with Gasteiger partial charge in [-0.15, -0.1) is 0 Å². The molecule has 0 saturated heterocycles. The minimum Gasteiger partial charge on any atom is -0.456 e. The van der Waals surface area contributed by atoms with Crippen LogP contribution in [-0.4, -0.2) is 23.1 Å². The van der Waals surface area contributed by atoms with Crippen molar-refractivity contribution in [3.05, 3.63) is 35.4 Å². The second kappa shape index (κ2) is 6.26. The van der Waals surface area contributed by atoms with Gasteiger partial charge in [0.15, 0.2) is 0 Å². The van der Waals surface area contributed by atoms with E-state index in [-0.39, 0.29) is 11.1 Å². The normalized spacial score (nSPS) is 11.9. The molecule has 5 heteroatoms. The molecular formula is C16H22O5. The second-order valence-electron chi connectivity index (χ2n) is 6.65. The molecule has 0 radical (unpaired) electrons. The predicted octanol–water partition coefficient (Wildman–Crippen LogP) is 3.53. The molecule has 0 bridgehead atoms. The molecule has 0 unspecified atom stereocenters. The Morgan fingerprint density at radius 3 is 1.86 bits per heavy atom. The van der Waals surface area contributed by atoms with Gasteiger partial charge >= 0.3 is 11.9 Å². The SMILES string of the molecule is CC(C)(C)OOC(=O)c1cccc(C(=O)OC(C)(C)C)c1. The quantitative estimate of drug-likeness (QED) is 0.485. The maximum atomic E-state index is 11.9. The Balaban J connectivity index is 2.81. The highest BCUT2D eigenvalue weighted by molar-refractivity contribution is 5.95. The van der Waals surface area contributed by atoms with Crippen LogP contribution in [0.2, 0.25) is 0 Å². The first-order valence-electron chi connectivity index (χ1n) is 6.71. The summed E-state index contributed by atoms with van der Waals surface area (Å²) >= 11 is 0. The Morgan fingerprint density at radius 2 is 1.38 bits per heavy atom. The first-order valence-corrected chi connectivity index (χ1v) is 6.71. The average Bonchev–Trinajstić information content (AvgIpc) is 2.33. The first kappa shape index (κ1) is 17.2. The zero-order chi connectivity index (χ0) is 16.3. The molecule has 0 saturated carbocycles. The summed E-state index contributed by atoms with van der Waals surface area (Å²) in [6.07, 6.45) is 0. The van der Waals surface area contributed by atoms with Crippen molar-refractivity contribution in [2.45, 2.75) is 52.7 Å². The molecule has 1 rings (SSSR count). The zero-order valence-corrected chi connectivity index (χ0v) is 13.4. The van der Waals surface area contributed by atoms with Crippen LogP contribution in [0.5, 0.6) is 0 Å². The van der Waals surface area contributed by atoms with Crippen LogP contribution < -0.4 is 0 Å². The van der Waals surface area contributed by atoms with Crippen LogP contribution in [0.1, 0.15) is 62.3 Å². The van der Waals surface area contributed by atoms with Crippen LogP contribution in [-0.2, 0) is 14.5 Å². The van der Waals surface area contributed by atoms with Crippen molar-refractivity contribution in [1.29, 1.82) is 0 Å². The summed E-state index contributed by atoms with van der Waals surface area (Å²) in [5.41, 5.74) is -0.681. The van der Waals surface area contributed by atoms with Gasteiger partial charge in [-0.2, -0.15) is 4.89 Å². The first-order chi connectivity index (χ1) is 9.48. The third-order valence-corrected chi connectivity index (χ3v) is 2.10. The van der Waals surface area contributed by atoms with E-state index < -0.39 is 23.1 Å². The van der Waals surface area contributed by atoms with Crippen LogP contribution in [0.25, 0.3) is 0 Å². The Hall–Kier alpha value is -1.88. The fourth-order valence-electron chi connectivity index (χ4n) is 1.32. The molecule has 5 nitrogen and oxygen atoms in total. The minimum atomic E-state index is -0.657. The van der Waals surface area contributed by atoms with Crippen LogP contribution >= 0.6 is 0 Å². The molecule has 0 heterocycles. The van der Waals surface area contributed by atoms with Gasteiger partial charge in [0.25, 0.3) is 0 Å². The van der Waals surface area contributed by atoms with Gasteiger partial charge in [-0.25, -0.2) is 9.59 Å². The molecule has 0 aliphatic carbocycles. The Labute approximate surface area is 125 Å². The highest BCUT2D eigenvalue weighted by atomic mass is 17.2. The van der Waals surface area contributed by atoms with Crippen molar-refractivity contribution in [2.75, 3.05) is 0 Å². The molecule has 0 aliphatic heterocycles. The number of carbonyl (C=O) groups excluding carboxylic acids is 2. The van der Waals surface area contributed by atoms with Gasteiger partial charge in [-0.05, 0) is 59.7 Å². The molecule has 0 N–H and O–H groups in total. The van der Waals surface area contributed by atoms with Gasteiger partial charge in [0.2, 0.25) is 0 Å². The number of carbonyl (C=O) groups is 2. The molecule has 0 amide bonds. The van der Waals surface area contributed by atoms with E-state index in [1.165, 1.54) is 6.07 Å². The predicted molar refractivity (Wildman–Crippen MR) is 77.9 cm³/mol. The van der Waals surface area contributed by atoms with E-state index in [9.17, 15) is 9.59 Å². The standard InChI is InChI=1S/C16H22O5/c1-15(2,3)19-13(17)11-8-7-9-12(10-11)14(18)20-21-16(4,5)6/h7-10H,1-6H3. The largest absolute Gasteiger partial charge is 0.456 e. The summed E-state index contributed by atoms with van der Waals surface area (Å²) in [6, 6.07) is 6.13. The maximum absolute atomic E-state index is 11.9. The Bertz CT molecular complexity index is 520. The summed E-state index contributed by atoms with van der Waals surface area (Å²) in [5.74, 6) is -1.15. The number of hydrogen-bond donors (Lipinski definition) is 0. The van der Waals surface area contributed by atoms with Crippen molar-refractivity contribution in [1.82, 2.24) is 0 Å². The van der Waals surface area contributed by atoms with Gasteiger partial charge in [0.1, 0.15) is 11.2 Å². The molecule has 0 atom stereocenters. The summed E-state index contributed by atoms with van der Waals surface area (Å²) in [5, 5.41) is 0. The van der Waals surface area contributed by atoms with E-state index in [4.69, 9.17) is 14.5 Å². The van der Waals surface area contributed by atoms with E-state index in [1.54, 1.807) is 59.7 Å². The lowest BCUT2D eigenvalue weighted by molar-refractivity contribution is -0.301. The topological polar surface area (TPSA) is 61.8 Å². The zero-order valence-electron chi connectivity index (χ0n) is 13.4. The van der Waals surface area contributed by atoms with E-state index in [0.29, 0.717) is 0 Å². The van der Waals surface area contributed by atoms with Gasteiger partial charge in [0, 0.05) is 0 Å². The Kier molecular flexibility index (Phi) is 5.12.